The SMILES string of the molecule is COC(=O)c1cc2c(cc1C)S(=O)(=O)N(C)CN2C. The van der Waals surface area contributed by atoms with Gasteiger partial charge in [0, 0.05) is 14.1 Å². The number of nitrogens with zero attached hydrogens (tertiary/aromatic N) is 2. The van der Waals surface area contributed by atoms with Crippen LogP contribution in [0.1, 0.15) is 15.9 Å². The van der Waals surface area contributed by atoms with Crippen LogP contribution >= 0.6 is 0 Å². The molecule has 1 aliphatic rings. The summed E-state index contributed by atoms with van der Waals surface area (Å²) in [6.07, 6.45) is 0. The van der Waals surface area contributed by atoms with Crippen LogP contribution in [0.4, 0.5) is 5.69 Å². The summed E-state index contributed by atoms with van der Waals surface area (Å²) in [5.74, 6) is -0.468. The minimum absolute atomic E-state index is 0.217. The second kappa shape index (κ2) is 4.50. The molecule has 1 aromatic carbocycles. The monoisotopic (exact) mass is 284 g/mol. The molecule has 0 fully saturated rings. The lowest BCUT2D eigenvalue weighted by Crippen LogP contribution is -2.42. The number of rotatable bonds is 1. The van der Waals surface area contributed by atoms with Crippen molar-refractivity contribution >= 4 is 21.7 Å². The van der Waals surface area contributed by atoms with E-state index in [0.29, 0.717) is 16.8 Å². The van der Waals surface area contributed by atoms with Crippen molar-refractivity contribution in [3.63, 3.8) is 0 Å². The number of ether oxygens (including phenoxy) is 1. The molecule has 0 atom stereocenters. The number of carbonyl (C=O) groups excluding carboxylic acids is 1. The molecule has 104 valence electrons. The number of methoxy groups -OCH3 is 1. The summed E-state index contributed by atoms with van der Waals surface area (Å²) < 4.78 is 30.4. The van der Waals surface area contributed by atoms with Gasteiger partial charge in [0.25, 0.3) is 0 Å². The lowest BCUT2D eigenvalue weighted by Gasteiger charge is -2.33. The number of benzene rings is 1. The molecule has 0 N–H and O–H groups in total. The number of anilines is 1. The Morgan fingerprint density at radius 2 is 1.95 bits per heavy atom. The first-order valence-corrected chi connectivity index (χ1v) is 7.13. The first kappa shape index (κ1) is 13.8. The Morgan fingerprint density at radius 1 is 1.32 bits per heavy atom. The number of hydrogen-bond donors (Lipinski definition) is 0. The van der Waals surface area contributed by atoms with Crippen LogP contribution in [0.5, 0.6) is 0 Å². The lowest BCUT2D eigenvalue weighted by molar-refractivity contribution is 0.0600. The Hall–Kier alpha value is -1.60. The summed E-state index contributed by atoms with van der Waals surface area (Å²) in [6.45, 7) is 1.94. The molecule has 0 amide bonds. The van der Waals surface area contributed by atoms with Crippen LogP contribution in [-0.2, 0) is 14.8 Å². The number of fused-ring (bicyclic) bond motifs is 1. The normalized spacial score (nSPS) is 18.0. The molecule has 7 heteroatoms. The van der Waals surface area contributed by atoms with E-state index in [1.807, 2.05) is 0 Å². The highest BCUT2D eigenvalue weighted by molar-refractivity contribution is 7.89. The fourth-order valence-corrected chi connectivity index (χ4v) is 3.59. The molecule has 1 heterocycles. The fraction of sp³-hybridized carbons (Fsp3) is 0.417. The number of aryl methyl sites for hydroxylation is 1. The van der Waals surface area contributed by atoms with Gasteiger partial charge in [0.1, 0.15) is 4.90 Å². The van der Waals surface area contributed by atoms with Gasteiger partial charge in [0.05, 0.1) is 25.0 Å². The minimum atomic E-state index is -3.49. The topological polar surface area (TPSA) is 66.9 Å². The summed E-state index contributed by atoms with van der Waals surface area (Å²) in [5, 5.41) is 0. The average Bonchev–Trinajstić information content (AvgIpc) is 2.35. The van der Waals surface area contributed by atoms with Crippen molar-refractivity contribution in [1.82, 2.24) is 4.31 Å². The Labute approximate surface area is 112 Å². The molecule has 19 heavy (non-hydrogen) atoms. The molecular weight excluding hydrogens is 268 g/mol. The van der Waals surface area contributed by atoms with Crippen molar-refractivity contribution < 1.29 is 17.9 Å². The third-order valence-corrected chi connectivity index (χ3v) is 5.04. The molecule has 0 saturated heterocycles. The number of carbonyl (C=O) groups is 1. The number of esters is 1. The molecule has 0 bridgehead atoms. The summed E-state index contributed by atoms with van der Waals surface area (Å²) in [5.41, 5.74) is 1.48. The Kier molecular flexibility index (Phi) is 3.27. The van der Waals surface area contributed by atoms with Crippen molar-refractivity contribution in [3.8, 4) is 0 Å². The Bertz CT molecular complexity index is 639. The molecule has 1 aromatic rings. The number of hydrogen-bond acceptors (Lipinski definition) is 5. The first-order valence-electron chi connectivity index (χ1n) is 5.69. The zero-order valence-corrected chi connectivity index (χ0v) is 12.1. The zero-order chi connectivity index (χ0) is 14.4. The van der Waals surface area contributed by atoms with Gasteiger partial charge < -0.3 is 9.64 Å². The van der Waals surface area contributed by atoms with Gasteiger partial charge in [-0.25, -0.2) is 13.2 Å². The maximum absolute atomic E-state index is 12.2. The Morgan fingerprint density at radius 3 is 2.53 bits per heavy atom. The van der Waals surface area contributed by atoms with Crippen LogP contribution in [0.2, 0.25) is 0 Å². The van der Waals surface area contributed by atoms with Gasteiger partial charge in [-0.3, -0.25) is 0 Å². The molecule has 1 aliphatic heterocycles. The predicted octanol–water partition coefficient (Wildman–Crippen LogP) is 0.809. The second-order valence-electron chi connectivity index (χ2n) is 4.57. The van der Waals surface area contributed by atoms with E-state index in [2.05, 4.69) is 0 Å². The zero-order valence-electron chi connectivity index (χ0n) is 11.3. The van der Waals surface area contributed by atoms with Gasteiger partial charge >= 0.3 is 5.97 Å². The van der Waals surface area contributed by atoms with E-state index in [1.165, 1.54) is 24.5 Å². The van der Waals surface area contributed by atoms with Gasteiger partial charge in [0.2, 0.25) is 10.0 Å². The van der Waals surface area contributed by atoms with Gasteiger partial charge in [-0.05, 0) is 24.6 Å². The maximum atomic E-state index is 12.2. The highest BCUT2D eigenvalue weighted by atomic mass is 32.2. The predicted molar refractivity (Wildman–Crippen MR) is 70.7 cm³/mol. The van der Waals surface area contributed by atoms with Gasteiger partial charge in [-0.1, -0.05) is 0 Å². The third kappa shape index (κ3) is 2.08. The summed E-state index contributed by atoms with van der Waals surface area (Å²) in [7, 11) is 1.12. The van der Waals surface area contributed by atoms with Crippen LogP contribution < -0.4 is 4.90 Å². The quantitative estimate of drug-likeness (QED) is 0.714. The van der Waals surface area contributed by atoms with Crippen molar-refractivity contribution in [2.45, 2.75) is 11.8 Å². The highest BCUT2D eigenvalue weighted by Gasteiger charge is 2.32. The summed E-state index contributed by atoms with van der Waals surface area (Å²) in [6, 6.07) is 3.09. The van der Waals surface area contributed by atoms with Crippen LogP contribution in [0.15, 0.2) is 17.0 Å². The maximum Gasteiger partial charge on any atom is 0.338 e. The molecule has 0 aromatic heterocycles. The molecule has 0 spiro atoms. The largest absolute Gasteiger partial charge is 0.465 e. The van der Waals surface area contributed by atoms with Gasteiger partial charge in [-0.15, -0.1) is 0 Å². The van der Waals surface area contributed by atoms with Crippen LogP contribution in [0.3, 0.4) is 0 Å². The molecule has 6 nitrogen and oxygen atoms in total. The fourth-order valence-electron chi connectivity index (χ4n) is 2.12. The van der Waals surface area contributed by atoms with E-state index >= 15 is 0 Å². The van der Waals surface area contributed by atoms with Crippen molar-refractivity contribution in [3.05, 3.63) is 23.3 Å². The number of sulfonamides is 1. The van der Waals surface area contributed by atoms with E-state index in [4.69, 9.17) is 4.74 Å². The van der Waals surface area contributed by atoms with E-state index in [9.17, 15) is 13.2 Å². The highest BCUT2D eigenvalue weighted by Crippen LogP contribution is 2.34. The molecule has 0 aliphatic carbocycles. The molecule has 0 saturated carbocycles. The summed E-state index contributed by atoms with van der Waals surface area (Å²) in [4.78, 5) is 13.6. The minimum Gasteiger partial charge on any atom is -0.465 e. The molecule has 0 unspecified atom stereocenters. The molecule has 2 rings (SSSR count). The average molecular weight is 284 g/mol. The van der Waals surface area contributed by atoms with E-state index < -0.39 is 16.0 Å². The van der Waals surface area contributed by atoms with Crippen LogP contribution in [0, 0.1) is 6.92 Å². The molecular formula is C12H16N2O4S. The van der Waals surface area contributed by atoms with Crippen LogP contribution in [0.25, 0.3) is 0 Å². The van der Waals surface area contributed by atoms with E-state index in [-0.39, 0.29) is 11.6 Å². The smallest absolute Gasteiger partial charge is 0.338 e. The van der Waals surface area contributed by atoms with Crippen LogP contribution in [-0.4, -0.2) is 46.6 Å². The van der Waals surface area contributed by atoms with Crippen molar-refractivity contribution in [1.29, 1.82) is 0 Å². The standard InChI is InChI=1S/C12H16N2O4S/c1-8-5-11-10(6-9(8)12(15)18-4)13(2)7-14(3)19(11,16)17/h5-6H,7H2,1-4H3. The van der Waals surface area contributed by atoms with E-state index in [1.54, 1.807) is 24.9 Å². The summed E-state index contributed by atoms with van der Waals surface area (Å²) >= 11 is 0. The third-order valence-electron chi connectivity index (χ3n) is 3.22. The van der Waals surface area contributed by atoms with Gasteiger partial charge in [-0.2, -0.15) is 4.31 Å². The second-order valence-corrected chi connectivity index (χ2v) is 6.58. The lowest BCUT2D eigenvalue weighted by atomic mass is 10.1. The molecule has 0 radical (unpaired) electrons. The van der Waals surface area contributed by atoms with E-state index in [0.717, 1.165) is 0 Å². The van der Waals surface area contributed by atoms with Gasteiger partial charge in [0.15, 0.2) is 0 Å². The first-order chi connectivity index (χ1) is 8.78. The van der Waals surface area contributed by atoms with Crippen molar-refractivity contribution in [2.24, 2.45) is 0 Å². The van der Waals surface area contributed by atoms with Crippen molar-refractivity contribution in [2.75, 3.05) is 32.8 Å². The Balaban J connectivity index is 2.70.